The van der Waals surface area contributed by atoms with E-state index in [2.05, 4.69) is 34.1 Å². The number of para-hydroxylation sites is 1. The van der Waals surface area contributed by atoms with Gasteiger partial charge in [-0.1, -0.05) is 30.3 Å². The first kappa shape index (κ1) is 22.4. The molecule has 8 heteroatoms. The molecule has 0 aliphatic carbocycles. The van der Waals surface area contributed by atoms with E-state index in [-0.39, 0.29) is 17.3 Å². The molecule has 2 aliphatic rings. The highest BCUT2D eigenvalue weighted by molar-refractivity contribution is 5.78. The Kier molecular flexibility index (Phi) is 7.47. The predicted molar refractivity (Wildman–Crippen MR) is 122 cm³/mol. The number of amides is 1. The van der Waals surface area contributed by atoms with Crippen molar-refractivity contribution in [2.75, 3.05) is 64.8 Å². The molecule has 32 heavy (non-hydrogen) atoms. The molecule has 2 saturated heterocycles. The van der Waals surface area contributed by atoms with Gasteiger partial charge in [-0.05, 0) is 23.3 Å². The van der Waals surface area contributed by atoms with Gasteiger partial charge in [0.1, 0.15) is 23.8 Å². The van der Waals surface area contributed by atoms with Crippen LogP contribution < -0.4 is 10.5 Å². The number of phenolic OH excluding ortho intramolecular Hbond substituents is 1. The number of nitrogens with two attached hydrogens (primary N) is 1. The highest BCUT2D eigenvalue weighted by Gasteiger charge is 2.23. The summed E-state index contributed by atoms with van der Waals surface area (Å²) in [4.78, 5) is 19.1. The Morgan fingerprint density at radius 1 is 0.938 bits per heavy atom. The lowest BCUT2D eigenvalue weighted by Gasteiger charge is -2.36. The summed E-state index contributed by atoms with van der Waals surface area (Å²) >= 11 is 0. The van der Waals surface area contributed by atoms with Gasteiger partial charge in [-0.3, -0.25) is 14.6 Å². The van der Waals surface area contributed by atoms with Gasteiger partial charge in [-0.15, -0.1) is 0 Å². The fourth-order valence-electron chi connectivity index (χ4n) is 4.02. The number of piperazine rings is 1. The molecule has 0 spiro atoms. The molecule has 0 saturated carbocycles. The van der Waals surface area contributed by atoms with E-state index in [4.69, 9.17) is 15.2 Å². The van der Waals surface area contributed by atoms with Gasteiger partial charge in [-0.25, -0.2) is 0 Å². The van der Waals surface area contributed by atoms with E-state index in [0.717, 1.165) is 64.6 Å². The Balaban J connectivity index is 1.20. The van der Waals surface area contributed by atoms with Gasteiger partial charge < -0.3 is 25.2 Å². The van der Waals surface area contributed by atoms with Gasteiger partial charge in [-0.2, -0.15) is 0 Å². The Hall–Kier alpha value is -2.81. The van der Waals surface area contributed by atoms with E-state index in [0.29, 0.717) is 18.9 Å². The number of hydrogen-bond acceptors (Lipinski definition) is 7. The van der Waals surface area contributed by atoms with Crippen LogP contribution in [-0.4, -0.2) is 84.7 Å². The van der Waals surface area contributed by atoms with E-state index < -0.39 is 0 Å². The van der Waals surface area contributed by atoms with E-state index in [1.165, 1.54) is 11.6 Å². The number of phenols is 1. The molecule has 2 aromatic rings. The van der Waals surface area contributed by atoms with Gasteiger partial charge in [0, 0.05) is 45.8 Å². The summed E-state index contributed by atoms with van der Waals surface area (Å²) in [6.07, 6.45) is 0. The maximum absolute atomic E-state index is 12.6. The summed E-state index contributed by atoms with van der Waals surface area (Å²) in [6, 6.07) is 13.3. The van der Waals surface area contributed by atoms with Crippen LogP contribution in [-0.2, 0) is 22.7 Å². The van der Waals surface area contributed by atoms with Crippen molar-refractivity contribution in [2.45, 2.75) is 13.2 Å². The molecule has 3 N–H and O–H groups in total. The third-order valence-electron chi connectivity index (χ3n) is 6.05. The van der Waals surface area contributed by atoms with Crippen molar-refractivity contribution in [3.63, 3.8) is 0 Å². The normalized spacial score (nSPS) is 17.9. The van der Waals surface area contributed by atoms with Crippen LogP contribution in [0.2, 0.25) is 0 Å². The topological polar surface area (TPSA) is 91.5 Å². The molecular formula is C24H32N4O4. The minimum Gasteiger partial charge on any atom is -0.506 e. The predicted octanol–water partition coefficient (Wildman–Crippen LogP) is 1.53. The van der Waals surface area contributed by atoms with Gasteiger partial charge in [0.15, 0.2) is 0 Å². The molecule has 0 unspecified atom stereocenters. The Labute approximate surface area is 189 Å². The number of nitrogens with zero attached hydrogens (tertiary/aromatic N) is 3. The second-order valence-corrected chi connectivity index (χ2v) is 8.34. The van der Waals surface area contributed by atoms with E-state index >= 15 is 0 Å². The number of carbonyl (C=O) groups is 1. The van der Waals surface area contributed by atoms with Crippen LogP contribution in [0.3, 0.4) is 0 Å². The molecule has 8 nitrogen and oxygen atoms in total. The first-order chi connectivity index (χ1) is 15.6. The van der Waals surface area contributed by atoms with Gasteiger partial charge in [0.25, 0.3) is 0 Å². The summed E-state index contributed by atoms with van der Waals surface area (Å²) in [5, 5.41) is 9.67. The molecule has 1 amide bonds. The van der Waals surface area contributed by atoms with Crippen LogP contribution in [0.15, 0.2) is 42.5 Å². The lowest BCUT2D eigenvalue weighted by molar-refractivity contribution is -0.135. The number of benzene rings is 2. The lowest BCUT2D eigenvalue weighted by Crippen LogP contribution is -2.51. The van der Waals surface area contributed by atoms with Crippen molar-refractivity contribution in [3.05, 3.63) is 53.6 Å². The lowest BCUT2D eigenvalue weighted by atomic mass is 10.1. The van der Waals surface area contributed by atoms with Crippen LogP contribution in [0.1, 0.15) is 11.1 Å². The van der Waals surface area contributed by atoms with Crippen molar-refractivity contribution in [2.24, 2.45) is 0 Å². The van der Waals surface area contributed by atoms with Crippen molar-refractivity contribution in [1.82, 2.24) is 14.7 Å². The number of rotatable bonds is 7. The molecule has 2 aromatic carbocycles. The van der Waals surface area contributed by atoms with Gasteiger partial charge in [0.05, 0.1) is 19.8 Å². The van der Waals surface area contributed by atoms with Crippen LogP contribution in [0.25, 0.3) is 0 Å². The molecule has 0 radical (unpaired) electrons. The summed E-state index contributed by atoms with van der Waals surface area (Å²) in [7, 11) is 0. The minimum atomic E-state index is 0.0285. The molecule has 172 valence electrons. The largest absolute Gasteiger partial charge is 0.506 e. The van der Waals surface area contributed by atoms with E-state index in [1.807, 2.05) is 4.90 Å². The highest BCUT2D eigenvalue weighted by Crippen LogP contribution is 2.30. The monoisotopic (exact) mass is 440 g/mol. The van der Waals surface area contributed by atoms with Gasteiger partial charge >= 0.3 is 0 Å². The standard InChI is InChI=1S/C24H32N4O4/c25-24-21(29)2-1-3-22(24)32-18-20-6-4-19(5-7-20)16-26-8-10-28(11-9-26)23(30)17-27-12-14-31-15-13-27/h1-7,29H,8-18,25H2. The number of morpholine rings is 1. The summed E-state index contributed by atoms with van der Waals surface area (Å²) in [5.41, 5.74) is 8.37. The maximum atomic E-state index is 12.6. The first-order valence-electron chi connectivity index (χ1n) is 11.2. The van der Waals surface area contributed by atoms with E-state index in [9.17, 15) is 9.90 Å². The number of nitrogen functional groups attached to an aromatic ring is 1. The molecule has 0 aromatic heterocycles. The molecule has 2 heterocycles. The molecule has 4 rings (SSSR count). The zero-order chi connectivity index (χ0) is 22.3. The smallest absolute Gasteiger partial charge is 0.236 e. The molecular weight excluding hydrogens is 408 g/mol. The Morgan fingerprint density at radius 2 is 1.62 bits per heavy atom. The molecule has 0 bridgehead atoms. The average Bonchev–Trinajstić information content (AvgIpc) is 2.82. The minimum absolute atomic E-state index is 0.0285. The van der Waals surface area contributed by atoms with E-state index in [1.54, 1.807) is 12.1 Å². The number of ether oxygens (including phenoxy) is 2. The van der Waals surface area contributed by atoms with Crippen LogP contribution in [0.4, 0.5) is 5.69 Å². The number of carbonyl (C=O) groups excluding carboxylic acids is 1. The number of anilines is 1. The zero-order valence-electron chi connectivity index (χ0n) is 18.4. The second kappa shape index (κ2) is 10.7. The fraction of sp³-hybridized carbons (Fsp3) is 0.458. The average molecular weight is 441 g/mol. The summed E-state index contributed by atoms with van der Waals surface area (Å²) in [5.74, 6) is 0.735. The van der Waals surface area contributed by atoms with Crippen molar-refractivity contribution in [1.29, 1.82) is 0 Å². The summed E-state index contributed by atoms with van der Waals surface area (Å²) in [6.45, 7) is 8.20. The van der Waals surface area contributed by atoms with Gasteiger partial charge in [0.2, 0.25) is 5.91 Å². The van der Waals surface area contributed by atoms with Crippen LogP contribution in [0, 0.1) is 0 Å². The number of hydrogen-bond donors (Lipinski definition) is 2. The Bertz CT molecular complexity index is 891. The molecule has 2 fully saturated rings. The van der Waals surface area contributed by atoms with Crippen molar-refractivity contribution >= 4 is 11.6 Å². The van der Waals surface area contributed by atoms with Crippen LogP contribution in [0.5, 0.6) is 11.5 Å². The second-order valence-electron chi connectivity index (χ2n) is 8.34. The zero-order valence-corrected chi connectivity index (χ0v) is 18.4. The Morgan fingerprint density at radius 3 is 2.34 bits per heavy atom. The highest BCUT2D eigenvalue weighted by atomic mass is 16.5. The fourth-order valence-corrected chi connectivity index (χ4v) is 4.02. The quantitative estimate of drug-likeness (QED) is 0.498. The third kappa shape index (κ3) is 5.91. The van der Waals surface area contributed by atoms with Crippen LogP contribution >= 0.6 is 0 Å². The molecule has 0 atom stereocenters. The van der Waals surface area contributed by atoms with Crippen molar-refractivity contribution < 1.29 is 19.4 Å². The molecule has 2 aliphatic heterocycles. The third-order valence-corrected chi connectivity index (χ3v) is 6.05. The van der Waals surface area contributed by atoms with Crippen molar-refractivity contribution in [3.8, 4) is 11.5 Å². The SMILES string of the molecule is Nc1c(O)cccc1OCc1ccc(CN2CCN(C(=O)CN3CCOCC3)CC2)cc1. The number of aromatic hydroxyl groups is 1. The maximum Gasteiger partial charge on any atom is 0.236 e. The first-order valence-corrected chi connectivity index (χ1v) is 11.2. The summed E-state index contributed by atoms with van der Waals surface area (Å²) < 4.78 is 11.1.